The number of aliphatic hydroxyl groups is 1. The maximum absolute atomic E-state index is 10.1. The lowest BCUT2D eigenvalue weighted by atomic mass is 10.1. The summed E-state index contributed by atoms with van der Waals surface area (Å²) in [5, 5.41) is 20.3. The van der Waals surface area contributed by atoms with Gasteiger partial charge in [0, 0.05) is 18.7 Å². The van der Waals surface area contributed by atoms with Gasteiger partial charge in [-0.1, -0.05) is 42.1 Å². The molecule has 31 heavy (non-hydrogen) atoms. The average Bonchev–Trinajstić information content (AvgIpc) is 2.83. The number of benzene rings is 2. The lowest BCUT2D eigenvalue weighted by molar-refractivity contribution is 0.301. The molecule has 1 N–H and O–H groups in total. The number of nitrogens with zero attached hydrogens (tertiary/aromatic N) is 4. The molecule has 2 aromatic carbocycles. The first-order valence-electron chi connectivity index (χ1n) is 9.63. The minimum Gasteiger partial charge on any atom is -0.493 e. The molecule has 3 rings (SSSR count). The van der Waals surface area contributed by atoms with Gasteiger partial charge in [-0.15, -0.1) is 0 Å². The molecular formula is C23H24N4O3S. The highest BCUT2D eigenvalue weighted by molar-refractivity contribution is 7.98. The number of aromatic nitrogens is 2. The zero-order valence-corrected chi connectivity index (χ0v) is 18.5. The molecule has 3 aromatic rings. The molecular weight excluding hydrogens is 412 g/mol. The summed E-state index contributed by atoms with van der Waals surface area (Å²) in [6.45, 7) is 0.772. The third-order valence-electron chi connectivity index (χ3n) is 4.71. The Morgan fingerprint density at radius 3 is 2.42 bits per heavy atom. The summed E-state index contributed by atoms with van der Waals surface area (Å²) in [5.74, 6) is 1.63. The fraction of sp³-hybridized carbons (Fsp3) is 0.261. The molecule has 0 radical (unpaired) electrons. The van der Waals surface area contributed by atoms with E-state index in [4.69, 9.17) is 9.47 Å². The van der Waals surface area contributed by atoms with E-state index in [1.54, 1.807) is 26.4 Å². The molecule has 8 heteroatoms. The van der Waals surface area contributed by atoms with Crippen LogP contribution in [0.3, 0.4) is 0 Å². The van der Waals surface area contributed by atoms with Crippen molar-refractivity contribution >= 4 is 17.6 Å². The Labute approximate surface area is 186 Å². The van der Waals surface area contributed by atoms with E-state index >= 15 is 0 Å². The topological polar surface area (TPSA) is 91.5 Å². The van der Waals surface area contributed by atoms with Crippen LogP contribution < -0.4 is 14.4 Å². The molecule has 0 bridgehead atoms. The van der Waals surface area contributed by atoms with Crippen molar-refractivity contribution in [1.29, 1.82) is 5.26 Å². The number of hydrogen-bond donors (Lipinski definition) is 1. The summed E-state index contributed by atoms with van der Waals surface area (Å²) >= 11 is 1.39. The minimum atomic E-state index is -0.0675. The van der Waals surface area contributed by atoms with Crippen molar-refractivity contribution in [3.63, 3.8) is 0 Å². The molecule has 0 saturated heterocycles. The number of anilines is 1. The third-order valence-corrected chi connectivity index (χ3v) is 5.25. The molecule has 0 spiro atoms. The van der Waals surface area contributed by atoms with Crippen molar-refractivity contribution in [2.24, 2.45) is 0 Å². The van der Waals surface area contributed by atoms with E-state index in [9.17, 15) is 10.4 Å². The van der Waals surface area contributed by atoms with Crippen molar-refractivity contribution in [3.05, 3.63) is 59.7 Å². The number of aliphatic hydroxyl groups excluding tert-OH is 1. The molecule has 7 nitrogen and oxygen atoms in total. The van der Waals surface area contributed by atoms with Crippen molar-refractivity contribution in [2.75, 3.05) is 38.5 Å². The SMILES string of the molecule is COc1ccc(-c2nc(SC)nc(N(CCO)Cc3ccccc3)c2C#N)cc1OC. The van der Waals surface area contributed by atoms with E-state index in [2.05, 4.69) is 16.0 Å². The van der Waals surface area contributed by atoms with Gasteiger partial charge in [0.25, 0.3) is 0 Å². The van der Waals surface area contributed by atoms with Crippen LogP contribution in [0, 0.1) is 11.3 Å². The van der Waals surface area contributed by atoms with Gasteiger partial charge in [0.15, 0.2) is 22.5 Å². The van der Waals surface area contributed by atoms with Crippen LogP contribution in [-0.4, -0.2) is 48.7 Å². The number of ether oxygens (including phenoxy) is 2. The summed E-state index contributed by atoms with van der Waals surface area (Å²) in [5.41, 5.74) is 2.62. The van der Waals surface area contributed by atoms with Gasteiger partial charge in [-0.05, 0) is 30.0 Å². The second-order valence-electron chi connectivity index (χ2n) is 6.57. The normalized spacial score (nSPS) is 10.4. The van der Waals surface area contributed by atoms with Crippen LogP contribution in [0.2, 0.25) is 0 Å². The third kappa shape index (κ3) is 5.08. The molecule has 0 fully saturated rings. The van der Waals surface area contributed by atoms with Gasteiger partial charge in [-0.3, -0.25) is 0 Å². The lowest BCUT2D eigenvalue weighted by Crippen LogP contribution is -2.28. The van der Waals surface area contributed by atoms with Crippen LogP contribution in [-0.2, 0) is 6.54 Å². The average molecular weight is 437 g/mol. The van der Waals surface area contributed by atoms with Gasteiger partial charge in [0.05, 0.1) is 26.5 Å². The monoisotopic (exact) mass is 436 g/mol. The van der Waals surface area contributed by atoms with Gasteiger partial charge in [0.2, 0.25) is 0 Å². The highest BCUT2D eigenvalue weighted by atomic mass is 32.2. The Bertz CT molecular complexity index is 1070. The standard InChI is InChI=1S/C23H24N4O3S/c1-29-19-10-9-17(13-20(19)30-2)21-18(14-24)22(26-23(25-21)31-3)27(11-12-28)15-16-7-5-4-6-8-16/h4-10,13,28H,11-12,15H2,1-3H3. The first-order valence-corrected chi connectivity index (χ1v) is 10.9. The fourth-order valence-corrected chi connectivity index (χ4v) is 3.59. The van der Waals surface area contributed by atoms with Crippen LogP contribution in [0.1, 0.15) is 11.1 Å². The van der Waals surface area contributed by atoms with Crippen LogP contribution in [0.5, 0.6) is 11.5 Å². The summed E-state index contributed by atoms with van der Waals surface area (Å²) < 4.78 is 10.7. The van der Waals surface area contributed by atoms with Crippen LogP contribution in [0.4, 0.5) is 5.82 Å². The Kier molecular flexibility index (Phi) is 7.70. The molecule has 0 aliphatic heterocycles. The van der Waals surface area contributed by atoms with E-state index in [0.29, 0.717) is 46.8 Å². The largest absolute Gasteiger partial charge is 0.493 e. The lowest BCUT2D eigenvalue weighted by Gasteiger charge is -2.25. The number of thioether (sulfide) groups is 1. The molecule has 160 valence electrons. The van der Waals surface area contributed by atoms with Crippen LogP contribution >= 0.6 is 11.8 Å². The molecule has 0 amide bonds. The van der Waals surface area contributed by atoms with Crippen molar-refractivity contribution in [1.82, 2.24) is 9.97 Å². The summed E-state index contributed by atoms with van der Waals surface area (Å²) in [7, 11) is 3.14. The van der Waals surface area contributed by atoms with Gasteiger partial charge in [-0.2, -0.15) is 5.26 Å². The zero-order chi connectivity index (χ0) is 22.2. The maximum Gasteiger partial charge on any atom is 0.189 e. The summed E-state index contributed by atoms with van der Waals surface area (Å²) in [6, 6.07) is 17.6. The van der Waals surface area contributed by atoms with Crippen molar-refractivity contribution < 1.29 is 14.6 Å². The maximum atomic E-state index is 10.1. The van der Waals surface area contributed by atoms with Crippen molar-refractivity contribution in [3.8, 4) is 28.8 Å². The predicted octanol–water partition coefficient (Wildman–Crippen LogP) is 3.75. The molecule has 0 unspecified atom stereocenters. The highest BCUT2D eigenvalue weighted by Gasteiger charge is 2.22. The second kappa shape index (κ2) is 10.7. The highest BCUT2D eigenvalue weighted by Crippen LogP contribution is 2.36. The first kappa shape index (κ1) is 22.4. The van der Waals surface area contributed by atoms with Gasteiger partial charge in [-0.25, -0.2) is 9.97 Å². The summed E-state index contributed by atoms with van der Waals surface area (Å²) in [6.07, 6.45) is 1.89. The number of nitriles is 1. The molecule has 0 aliphatic carbocycles. The Hall–Kier alpha value is -3.28. The zero-order valence-electron chi connectivity index (χ0n) is 17.7. The summed E-state index contributed by atoms with van der Waals surface area (Å²) in [4.78, 5) is 11.1. The van der Waals surface area contributed by atoms with E-state index < -0.39 is 0 Å². The van der Waals surface area contributed by atoms with E-state index in [1.165, 1.54) is 11.8 Å². The van der Waals surface area contributed by atoms with Crippen LogP contribution in [0.25, 0.3) is 11.3 Å². The van der Waals surface area contributed by atoms with E-state index in [0.717, 1.165) is 11.1 Å². The van der Waals surface area contributed by atoms with E-state index in [-0.39, 0.29) is 6.61 Å². The number of hydrogen-bond acceptors (Lipinski definition) is 8. The van der Waals surface area contributed by atoms with Gasteiger partial charge in [0.1, 0.15) is 11.6 Å². The molecule has 1 heterocycles. The molecule has 0 atom stereocenters. The van der Waals surface area contributed by atoms with Gasteiger partial charge < -0.3 is 19.5 Å². The second-order valence-corrected chi connectivity index (χ2v) is 7.34. The predicted molar refractivity (Wildman–Crippen MR) is 122 cm³/mol. The molecule has 1 aromatic heterocycles. The van der Waals surface area contributed by atoms with Crippen molar-refractivity contribution in [2.45, 2.75) is 11.7 Å². The van der Waals surface area contributed by atoms with Crippen LogP contribution in [0.15, 0.2) is 53.7 Å². The van der Waals surface area contributed by atoms with E-state index in [1.807, 2.05) is 47.6 Å². The number of rotatable bonds is 9. The molecule has 0 saturated carbocycles. The number of methoxy groups -OCH3 is 2. The smallest absolute Gasteiger partial charge is 0.189 e. The Balaban J connectivity index is 2.16. The first-order chi connectivity index (χ1) is 15.1. The van der Waals surface area contributed by atoms with Gasteiger partial charge >= 0.3 is 0 Å². The molecule has 0 aliphatic rings. The fourth-order valence-electron chi connectivity index (χ4n) is 3.23. The Morgan fingerprint density at radius 1 is 1.06 bits per heavy atom. The Morgan fingerprint density at radius 2 is 1.81 bits per heavy atom. The minimum absolute atomic E-state index is 0.0675. The quantitative estimate of drug-likeness (QED) is 0.401.